The molecule has 2 saturated heterocycles. The number of carboxylic acids is 1. The first-order valence-corrected chi connectivity index (χ1v) is 15.6. The van der Waals surface area contributed by atoms with E-state index in [0.717, 1.165) is 25.2 Å². The van der Waals surface area contributed by atoms with E-state index in [1.54, 1.807) is 11.0 Å². The van der Waals surface area contributed by atoms with Gasteiger partial charge in [-0.15, -0.1) is 0 Å². The van der Waals surface area contributed by atoms with Gasteiger partial charge in [-0.05, 0) is 43.1 Å². The second-order valence-electron chi connectivity index (χ2n) is 10.8. The van der Waals surface area contributed by atoms with E-state index in [4.69, 9.17) is 31.0 Å². The molecule has 2 atom stereocenters. The van der Waals surface area contributed by atoms with Gasteiger partial charge in [0, 0.05) is 43.9 Å². The van der Waals surface area contributed by atoms with Gasteiger partial charge in [-0.25, -0.2) is 31.3 Å². The summed E-state index contributed by atoms with van der Waals surface area (Å²) in [7, 11) is -0.148. The normalized spacial score (nSPS) is 18.0. The zero-order valence-corrected chi connectivity index (χ0v) is 26.6. The van der Waals surface area contributed by atoms with Crippen molar-refractivity contribution < 1.29 is 54.1 Å². The third-order valence-corrected chi connectivity index (χ3v) is 9.81. The van der Waals surface area contributed by atoms with Crippen LogP contribution in [0.25, 0.3) is 0 Å². The Labute approximate surface area is 271 Å². The summed E-state index contributed by atoms with van der Waals surface area (Å²) in [6.45, 7) is 2.35. The van der Waals surface area contributed by atoms with E-state index in [1.807, 2.05) is 7.05 Å². The van der Waals surface area contributed by atoms with Crippen molar-refractivity contribution in [2.24, 2.45) is 11.8 Å². The number of nitrogens with zero attached hydrogens (tertiary/aromatic N) is 4. The maximum Gasteiger partial charge on any atom is 0.490 e. The standard InChI is InChI=1S/C27H28ClF3N4O4S.C2HF3O2/c1-33-11-17-13-34(14-18(17)12-33)21-10-20(29)27(26(31)25(21)28)40(36,37)35(24-6-4-5-23(30)32-24)15-16-7-8-19(38-2)9-22(16)39-3;3-2(4,5)1(6)7/h4-10,17-18H,11-15H2,1-3H3;(H,6,7)/t17-,18-;/m1./s1. The average Bonchev–Trinajstić information content (AvgIpc) is 3.54. The summed E-state index contributed by atoms with van der Waals surface area (Å²) in [5.41, 5.74) is 0.412. The van der Waals surface area contributed by atoms with Crippen LogP contribution in [0.2, 0.25) is 5.02 Å². The van der Waals surface area contributed by atoms with Crippen molar-refractivity contribution in [3.63, 3.8) is 0 Å². The van der Waals surface area contributed by atoms with Crippen LogP contribution >= 0.6 is 11.6 Å². The molecule has 256 valence electrons. The van der Waals surface area contributed by atoms with Gasteiger partial charge in [0.1, 0.15) is 28.2 Å². The number of fused-ring (bicyclic) bond motifs is 1. The molecular weight excluding hydrogens is 682 g/mol. The van der Waals surface area contributed by atoms with Gasteiger partial charge in [0.2, 0.25) is 5.95 Å². The largest absolute Gasteiger partial charge is 0.497 e. The number of anilines is 2. The fourth-order valence-electron chi connectivity index (χ4n) is 5.53. The van der Waals surface area contributed by atoms with E-state index >= 15 is 8.78 Å². The monoisotopic (exact) mass is 710 g/mol. The second kappa shape index (κ2) is 14.0. The number of pyridine rings is 1. The van der Waals surface area contributed by atoms with Crippen molar-refractivity contribution in [2.45, 2.75) is 17.6 Å². The highest BCUT2D eigenvalue weighted by Crippen LogP contribution is 2.41. The van der Waals surface area contributed by atoms with Crippen molar-refractivity contribution in [1.29, 1.82) is 0 Å². The molecule has 0 saturated carbocycles. The number of sulfonamides is 1. The minimum Gasteiger partial charge on any atom is -0.497 e. The Balaban J connectivity index is 0.000000644. The summed E-state index contributed by atoms with van der Waals surface area (Å²) in [6, 6.07) is 9.07. The Hall–Kier alpha value is -3.96. The fourth-order valence-corrected chi connectivity index (χ4v) is 7.37. The Kier molecular flexibility index (Phi) is 10.7. The zero-order valence-electron chi connectivity index (χ0n) is 25.1. The predicted molar refractivity (Wildman–Crippen MR) is 159 cm³/mol. The van der Waals surface area contributed by atoms with E-state index in [9.17, 15) is 26.0 Å². The highest BCUT2D eigenvalue weighted by atomic mass is 35.5. The summed E-state index contributed by atoms with van der Waals surface area (Å²) >= 11 is 6.37. The van der Waals surface area contributed by atoms with Crippen LogP contribution in [-0.2, 0) is 21.4 Å². The number of hydrogen-bond donors (Lipinski definition) is 1. The lowest BCUT2D eigenvalue weighted by Crippen LogP contribution is -2.33. The Bertz CT molecular complexity index is 1730. The van der Waals surface area contributed by atoms with Crippen molar-refractivity contribution >= 4 is 39.1 Å². The lowest BCUT2D eigenvalue weighted by molar-refractivity contribution is -0.192. The van der Waals surface area contributed by atoms with Gasteiger partial charge in [-0.1, -0.05) is 17.7 Å². The predicted octanol–water partition coefficient (Wildman–Crippen LogP) is 5.20. The van der Waals surface area contributed by atoms with Crippen LogP contribution < -0.4 is 18.7 Å². The lowest BCUT2D eigenvalue weighted by atomic mass is 10.0. The number of ether oxygens (including phenoxy) is 2. The van der Waals surface area contributed by atoms with Gasteiger partial charge in [0.25, 0.3) is 10.0 Å². The maximum absolute atomic E-state index is 15.8. The summed E-state index contributed by atoms with van der Waals surface area (Å²) < 4.78 is 116. The molecular formula is C29H29ClF6N4O6S. The molecule has 3 heterocycles. The number of likely N-dealkylation sites (tertiary alicyclic amines) is 1. The minimum absolute atomic E-state index is 0.0972. The molecule has 0 amide bonds. The molecule has 1 N–H and O–H groups in total. The lowest BCUT2D eigenvalue weighted by Gasteiger charge is -2.27. The molecule has 0 spiro atoms. The van der Waals surface area contributed by atoms with Gasteiger partial charge in [-0.2, -0.15) is 17.6 Å². The SMILES string of the molecule is COc1ccc(CN(c2cccc(F)n2)S(=O)(=O)c2c(F)cc(N3C[C@H]4CN(C)C[C@@H]4C3)c(Cl)c2F)c(OC)c1.O=C(O)C(F)(F)F. The van der Waals surface area contributed by atoms with Gasteiger partial charge < -0.3 is 24.4 Å². The molecule has 2 aliphatic heterocycles. The van der Waals surface area contributed by atoms with Crippen molar-refractivity contribution in [3.05, 3.63) is 70.6 Å². The third kappa shape index (κ3) is 7.79. The van der Waals surface area contributed by atoms with Crippen LogP contribution in [-0.4, -0.2) is 83.0 Å². The van der Waals surface area contributed by atoms with Crippen molar-refractivity contribution in [1.82, 2.24) is 9.88 Å². The van der Waals surface area contributed by atoms with E-state index < -0.39 is 56.2 Å². The second-order valence-corrected chi connectivity index (χ2v) is 13.0. The van der Waals surface area contributed by atoms with Crippen LogP contribution in [0.3, 0.4) is 0 Å². The van der Waals surface area contributed by atoms with E-state index in [2.05, 4.69) is 9.88 Å². The van der Waals surface area contributed by atoms with E-state index in [1.165, 1.54) is 38.5 Å². The fraction of sp³-hybridized carbons (Fsp3) is 0.379. The number of aliphatic carboxylic acids is 1. The molecule has 2 aliphatic rings. The number of carbonyl (C=O) groups is 1. The molecule has 0 radical (unpaired) electrons. The number of rotatable bonds is 8. The summed E-state index contributed by atoms with van der Waals surface area (Å²) in [5.74, 6) is -5.51. The smallest absolute Gasteiger partial charge is 0.490 e. The number of aromatic nitrogens is 1. The third-order valence-electron chi connectivity index (χ3n) is 7.66. The first kappa shape index (κ1) is 35.9. The summed E-state index contributed by atoms with van der Waals surface area (Å²) in [5, 5.41) is 6.63. The number of halogens is 7. The molecule has 0 unspecified atom stereocenters. The van der Waals surface area contributed by atoms with Crippen molar-refractivity contribution in [2.75, 3.05) is 56.7 Å². The van der Waals surface area contributed by atoms with Crippen LogP contribution in [0.1, 0.15) is 5.56 Å². The Morgan fingerprint density at radius 1 is 1.04 bits per heavy atom. The van der Waals surface area contributed by atoms with Crippen LogP contribution in [0, 0.1) is 29.4 Å². The first-order valence-electron chi connectivity index (χ1n) is 13.7. The first-order chi connectivity index (χ1) is 22.0. The highest BCUT2D eigenvalue weighted by molar-refractivity contribution is 7.92. The number of benzene rings is 2. The van der Waals surface area contributed by atoms with Crippen LogP contribution in [0.4, 0.5) is 37.8 Å². The number of carboxylic acid groups (broad SMARTS) is 1. The van der Waals surface area contributed by atoms with Gasteiger partial charge in [-0.3, -0.25) is 0 Å². The van der Waals surface area contributed by atoms with Crippen molar-refractivity contribution in [3.8, 4) is 11.5 Å². The number of methoxy groups -OCH3 is 2. The molecule has 3 aromatic rings. The number of alkyl halides is 3. The molecule has 2 fully saturated rings. The summed E-state index contributed by atoms with van der Waals surface area (Å²) in [6.07, 6.45) is -5.08. The van der Waals surface area contributed by atoms with Crippen LogP contribution in [0.15, 0.2) is 47.4 Å². The molecule has 18 heteroatoms. The van der Waals surface area contributed by atoms with E-state index in [0.29, 0.717) is 40.5 Å². The quantitative estimate of drug-likeness (QED) is 0.192. The maximum atomic E-state index is 15.8. The molecule has 1 aromatic heterocycles. The Morgan fingerprint density at radius 3 is 2.19 bits per heavy atom. The molecule has 5 rings (SSSR count). The zero-order chi connectivity index (χ0) is 34.8. The Morgan fingerprint density at radius 2 is 1.66 bits per heavy atom. The van der Waals surface area contributed by atoms with Gasteiger partial charge >= 0.3 is 12.1 Å². The molecule has 10 nitrogen and oxygen atoms in total. The average molecular weight is 711 g/mol. The summed E-state index contributed by atoms with van der Waals surface area (Å²) in [4.78, 5) is 15.3. The molecule has 47 heavy (non-hydrogen) atoms. The van der Waals surface area contributed by atoms with Crippen LogP contribution in [0.5, 0.6) is 11.5 Å². The van der Waals surface area contributed by atoms with Gasteiger partial charge in [0.15, 0.2) is 10.7 Å². The molecule has 0 aliphatic carbocycles. The molecule has 0 bridgehead atoms. The number of hydrogen-bond acceptors (Lipinski definition) is 8. The molecule has 2 aromatic carbocycles. The van der Waals surface area contributed by atoms with E-state index in [-0.39, 0.29) is 17.3 Å². The van der Waals surface area contributed by atoms with Gasteiger partial charge in [0.05, 0.1) is 26.5 Å². The minimum atomic E-state index is -5.08. The highest BCUT2D eigenvalue weighted by Gasteiger charge is 2.41. The topological polar surface area (TPSA) is 113 Å².